The summed E-state index contributed by atoms with van der Waals surface area (Å²) in [6, 6.07) is 10.8. The van der Waals surface area contributed by atoms with E-state index >= 15 is 0 Å². The molecule has 3 nitrogen and oxygen atoms in total. The number of nitriles is 1. The molecule has 0 aromatic heterocycles. The van der Waals surface area contributed by atoms with Crippen molar-refractivity contribution < 1.29 is 9.47 Å². The molecule has 2 aliphatic rings. The van der Waals surface area contributed by atoms with E-state index in [4.69, 9.17) is 9.47 Å². The molecule has 1 aliphatic carbocycles. The maximum absolute atomic E-state index is 9.63. The zero-order valence-corrected chi connectivity index (χ0v) is 11.3. The molecule has 0 unspecified atom stereocenters. The van der Waals surface area contributed by atoms with Gasteiger partial charge in [-0.1, -0.05) is 18.6 Å². The Morgan fingerprint density at radius 3 is 2.63 bits per heavy atom. The fraction of sp³-hybridized carbons (Fsp3) is 0.562. The van der Waals surface area contributed by atoms with Crippen LogP contribution in [0.2, 0.25) is 0 Å². The van der Waals surface area contributed by atoms with Crippen molar-refractivity contribution >= 4 is 0 Å². The van der Waals surface area contributed by atoms with E-state index in [0.29, 0.717) is 19.8 Å². The van der Waals surface area contributed by atoms with Crippen LogP contribution in [0, 0.1) is 16.7 Å². The van der Waals surface area contributed by atoms with Gasteiger partial charge in [-0.3, -0.25) is 0 Å². The van der Waals surface area contributed by atoms with Crippen molar-refractivity contribution in [2.75, 3.05) is 19.8 Å². The van der Waals surface area contributed by atoms with Crippen molar-refractivity contribution in [2.45, 2.75) is 31.6 Å². The molecule has 2 fully saturated rings. The van der Waals surface area contributed by atoms with Gasteiger partial charge >= 0.3 is 0 Å². The summed E-state index contributed by atoms with van der Waals surface area (Å²) in [5.74, 6) is 0.888. The number of nitrogens with zero attached hydrogens (tertiary/aromatic N) is 1. The Balaban J connectivity index is 1.98. The molecule has 0 bridgehead atoms. The summed E-state index contributed by atoms with van der Waals surface area (Å²) in [5, 5.41) is 9.63. The minimum atomic E-state index is -0.226. The zero-order valence-electron chi connectivity index (χ0n) is 11.3. The molecule has 1 saturated heterocycles. The minimum absolute atomic E-state index is 0.118. The lowest BCUT2D eigenvalue weighted by atomic mass is 9.50. The summed E-state index contributed by atoms with van der Waals surface area (Å²) in [6.07, 6.45) is 3.14. The van der Waals surface area contributed by atoms with E-state index in [9.17, 15) is 5.26 Å². The first-order valence-corrected chi connectivity index (χ1v) is 6.99. The summed E-state index contributed by atoms with van der Waals surface area (Å²) in [5.41, 5.74) is 0.856. The van der Waals surface area contributed by atoms with E-state index in [-0.39, 0.29) is 10.8 Å². The average molecular weight is 257 g/mol. The first-order chi connectivity index (χ1) is 9.26. The van der Waals surface area contributed by atoms with Crippen LogP contribution in [0.15, 0.2) is 24.3 Å². The van der Waals surface area contributed by atoms with Gasteiger partial charge in [0, 0.05) is 0 Å². The van der Waals surface area contributed by atoms with Gasteiger partial charge in [0.15, 0.2) is 0 Å². The number of rotatable bonds is 4. The van der Waals surface area contributed by atoms with E-state index in [1.165, 1.54) is 5.56 Å². The van der Waals surface area contributed by atoms with Gasteiger partial charge in [0.2, 0.25) is 0 Å². The lowest BCUT2D eigenvalue weighted by Gasteiger charge is -2.56. The van der Waals surface area contributed by atoms with E-state index < -0.39 is 0 Å². The molecule has 1 saturated carbocycles. The average Bonchev–Trinajstić information content (AvgIpc) is 2.32. The van der Waals surface area contributed by atoms with Crippen LogP contribution in [0.5, 0.6) is 5.75 Å². The molecule has 0 N–H and O–H groups in total. The van der Waals surface area contributed by atoms with Crippen LogP contribution in [0.1, 0.15) is 31.7 Å². The standard InChI is InChI=1S/C16H19NO2/c1-2-19-14-6-3-5-13(9-14)16(11-18-12-16)15(10-17)7-4-8-15/h3,5-6,9H,2,4,7-8,11-12H2,1H3. The van der Waals surface area contributed by atoms with Gasteiger partial charge in [-0.05, 0) is 37.5 Å². The molecule has 1 aliphatic heterocycles. The Kier molecular flexibility index (Phi) is 2.99. The highest BCUT2D eigenvalue weighted by Crippen LogP contribution is 2.58. The van der Waals surface area contributed by atoms with Gasteiger partial charge in [-0.2, -0.15) is 5.26 Å². The lowest BCUT2D eigenvalue weighted by molar-refractivity contribution is -0.134. The first-order valence-electron chi connectivity index (χ1n) is 6.99. The van der Waals surface area contributed by atoms with Crippen LogP contribution in [-0.4, -0.2) is 19.8 Å². The number of ether oxygens (including phenoxy) is 2. The van der Waals surface area contributed by atoms with Gasteiger partial charge < -0.3 is 9.47 Å². The number of hydrogen-bond acceptors (Lipinski definition) is 3. The van der Waals surface area contributed by atoms with Gasteiger partial charge in [0.1, 0.15) is 5.75 Å². The van der Waals surface area contributed by atoms with Crippen molar-refractivity contribution in [3.63, 3.8) is 0 Å². The SMILES string of the molecule is CCOc1cccc(C2(C3(C#N)CCC3)COC2)c1. The van der Waals surface area contributed by atoms with Crippen LogP contribution >= 0.6 is 0 Å². The van der Waals surface area contributed by atoms with Crippen LogP contribution in [0.3, 0.4) is 0 Å². The lowest BCUT2D eigenvalue weighted by Crippen LogP contribution is -2.61. The van der Waals surface area contributed by atoms with Crippen LogP contribution in [0.25, 0.3) is 0 Å². The van der Waals surface area contributed by atoms with Crippen LogP contribution < -0.4 is 4.74 Å². The largest absolute Gasteiger partial charge is 0.494 e. The Morgan fingerprint density at radius 1 is 1.37 bits per heavy atom. The third kappa shape index (κ3) is 1.67. The predicted molar refractivity (Wildman–Crippen MR) is 72.0 cm³/mol. The second kappa shape index (κ2) is 4.54. The highest BCUT2D eigenvalue weighted by Gasteiger charge is 2.60. The van der Waals surface area contributed by atoms with Gasteiger partial charge in [0.05, 0.1) is 36.7 Å². The normalized spacial score (nSPS) is 22.7. The molecule has 0 amide bonds. The highest BCUT2D eigenvalue weighted by molar-refractivity contribution is 5.41. The third-order valence-corrected chi connectivity index (χ3v) is 4.73. The fourth-order valence-electron chi connectivity index (χ4n) is 3.30. The van der Waals surface area contributed by atoms with Gasteiger partial charge in [-0.25, -0.2) is 0 Å². The summed E-state index contributed by atoms with van der Waals surface area (Å²) in [6.45, 7) is 3.97. The van der Waals surface area contributed by atoms with Crippen molar-refractivity contribution in [3.05, 3.63) is 29.8 Å². The highest BCUT2D eigenvalue weighted by atomic mass is 16.5. The van der Waals surface area contributed by atoms with Crippen molar-refractivity contribution in [1.82, 2.24) is 0 Å². The van der Waals surface area contributed by atoms with Crippen molar-refractivity contribution in [3.8, 4) is 11.8 Å². The molecule has 1 aromatic rings. The maximum atomic E-state index is 9.63. The summed E-state index contributed by atoms with van der Waals surface area (Å²) >= 11 is 0. The predicted octanol–water partition coefficient (Wildman–Crippen LogP) is 3.05. The minimum Gasteiger partial charge on any atom is -0.494 e. The summed E-state index contributed by atoms with van der Waals surface area (Å²) in [7, 11) is 0. The molecule has 19 heavy (non-hydrogen) atoms. The van der Waals surface area contributed by atoms with E-state index in [2.05, 4.69) is 18.2 Å². The molecule has 0 atom stereocenters. The smallest absolute Gasteiger partial charge is 0.119 e. The van der Waals surface area contributed by atoms with Crippen LogP contribution in [-0.2, 0) is 10.2 Å². The molecule has 3 heteroatoms. The number of benzene rings is 1. The van der Waals surface area contributed by atoms with E-state index in [1.807, 2.05) is 19.1 Å². The molecule has 100 valence electrons. The van der Waals surface area contributed by atoms with Crippen molar-refractivity contribution in [2.24, 2.45) is 5.41 Å². The second-order valence-corrected chi connectivity index (χ2v) is 5.58. The van der Waals surface area contributed by atoms with Gasteiger partial charge in [-0.15, -0.1) is 0 Å². The molecule has 3 rings (SSSR count). The van der Waals surface area contributed by atoms with E-state index in [1.54, 1.807) is 0 Å². The first kappa shape index (κ1) is 12.5. The van der Waals surface area contributed by atoms with Crippen LogP contribution in [0.4, 0.5) is 0 Å². The summed E-state index contributed by atoms with van der Waals surface area (Å²) in [4.78, 5) is 0. The molecule has 1 aromatic carbocycles. The number of hydrogen-bond donors (Lipinski definition) is 0. The summed E-state index contributed by atoms with van der Waals surface area (Å²) < 4.78 is 11.1. The topological polar surface area (TPSA) is 42.2 Å². The third-order valence-electron chi connectivity index (χ3n) is 4.73. The molecule has 0 spiro atoms. The van der Waals surface area contributed by atoms with E-state index in [0.717, 1.165) is 25.0 Å². The quantitative estimate of drug-likeness (QED) is 0.832. The monoisotopic (exact) mass is 257 g/mol. The van der Waals surface area contributed by atoms with Gasteiger partial charge in [0.25, 0.3) is 0 Å². The second-order valence-electron chi connectivity index (χ2n) is 5.58. The Bertz CT molecular complexity index is 510. The Hall–Kier alpha value is -1.53. The van der Waals surface area contributed by atoms with Crippen molar-refractivity contribution in [1.29, 1.82) is 5.26 Å². The molecular weight excluding hydrogens is 238 g/mol. The zero-order chi connectivity index (χ0) is 13.3. The maximum Gasteiger partial charge on any atom is 0.119 e. The Labute approximate surface area is 114 Å². The molecule has 0 radical (unpaired) electrons. The fourth-order valence-corrected chi connectivity index (χ4v) is 3.30. The molecular formula is C16H19NO2. The Morgan fingerprint density at radius 2 is 2.16 bits per heavy atom. The molecule has 1 heterocycles.